The van der Waals surface area contributed by atoms with E-state index in [1.165, 1.54) is 5.56 Å². The lowest BCUT2D eigenvalue weighted by atomic mass is 10.0. The zero-order valence-corrected chi connectivity index (χ0v) is 15.1. The molecule has 0 fully saturated rings. The van der Waals surface area contributed by atoms with Gasteiger partial charge in [-0.25, -0.2) is 4.68 Å². The molecule has 0 bridgehead atoms. The molecule has 0 atom stereocenters. The Bertz CT molecular complexity index is 982. The zero-order valence-electron chi connectivity index (χ0n) is 15.1. The third kappa shape index (κ3) is 3.18. The van der Waals surface area contributed by atoms with E-state index in [1.54, 1.807) is 0 Å². The normalized spacial score (nSPS) is 11.0. The summed E-state index contributed by atoms with van der Waals surface area (Å²) >= 11 is 0. The molecular formula is C24H22N2. The maximum absolute atomic E-state index is 4.92. The Labute approximate surface area is 154 Å². The molecule has 3 aromatic carbocycles. The fraction of sp³-hybridized carbons (Fsp3) is 0.125. The molecule has 2 heteroatoms. The van der Waals surface area contributed by atoms with Gasteiger partial charge in [-0.3, -0.25) is 0 Å². The summed E-state index contributed by atoms with van der Waals surface area (Å²) in [6.45, 7) is 4.43. The van der Waals surface area contributed by atoms with Crippen LogP contribution in [-0.2, 0) is 0 Å². The van der Waals surface area contributed by atoms with Crippen LogP contribution in [0.2, 0.25) is 0 Å². The Morgan fingerprint density at radius 2 is 1.27 bits per heavy atom. The molecule has 1 aromatic heterocycles. The molecule has 128 valence electrons. The Kier molecular flexibility index (Phi) is 4.40. The third-order valence-corrected chi connectivity index (χ3v) is 4.65. The first-order valence-corrected chi connectivity index (χ1v) is 9.03. The lowest BCUT2D eigenvalue weighted by Crippen LogP contribution is -2.00. The van der Waals surface area contributed by atoms with Gasteiger partial charge >= 0.3 is 0 Å². The summed E-state index contributed by atoms with van der Waals surface area (Å²) in [5.41, 5.74) is 6.79. The number of hydrogen-bond donors (Lipinski definition) is 0. The van der Waals surface area contributed by atoms with Crippen LogP contribution in [0, 0.1) is 0 Å². The standard InChI is InChI=1S/C24H22N2/c1-18(2)19-13-15-22(16-14-19)26-24(21-11-7-4-8-12-21)17-23(25-26)20-9-5-3-6-10-20/h3-18H,1-2H3. The van der Waals surface area contributed by atoms with Gasteiger partial charge in [0, 0.05) is 11.1 Å². The number of nitrogens with zero attached hydrogens (tertiary/aromatic N) is 2. The fourth-order valence-electron chi connectivity index (χ4n) is 3.14. The minimum atomic E-state index is 0.523. The zero-order chi connectivity index (χ0) is 17.9. The van der Waals surface area contributed by atoms with Crippen LogP contribution >= 0.6 is 0 Å². The molecule has 0 saturated heterocycles. The van der Waals surface area contributed by atoms with Crippen LogP contribution in [0.4, 0.5) is 0 Å². The molecule has 0 unspecified atom stereocenters. The van der Waals surface area contributed by atoms with Crippen molar-refractivity contribution in [1.82, 2.24) is 9.78 Å². The Hall–Kier alpha value is -3.13. The minimum absolute atomic E-state index is 0.523. The van der Waals surface area contributed by atoms with E-state index >= 15 is 0 Å². The van der Waals surface area contributed by atoms with Crippen LogP contribution in [0.1, 0.15) is 25.3 Å². The van der Waals surface area contributed by atoms with Crippen molar-refractivity contribution in [1.29, 1.82) is 0 Å². The molecule has 0 saturated carbocycles. The maximum Gasteiger partial charge on any atom is 0.0934 e. The molecule has 0 aliphatic rings. The maximum atomic E-state index is 4.92. The van der Waals surface area contributed by atoms with Gasteiger partial charge in [0.25, 0.3) is 0 Å². The van der Waals surface area contributed by atoms with Crippen LogP contribution in [0.25, 0.3) is 28.2 Å². The second-order valence-corrected chi connectivity index (χ2v) is 6.80. The molecule has 1 heterocycles. The molecule has 26 heavy (non-hydrogen) atoms. The molecular weight excluding hydrogens is 316 g/mol. The average Bonchev–Trinajstić information content (AvgIpc) is 3.15. The fourth-order valence-corrected chi connectivity index (χ4v) is 3.14. The van der Waals surface area contributed by atoms with E-state index in [-0.39, 0.29) is 0 Å². The molecule has 2 nitrogen and oxygen atoms in total. The first kappa shape index (κ1) is 16.3. The Morgan fingerprint density at radius 1 is 0.692 bits per heavy atom. The molecule has 0 aliphatic heterocycles. The lowest BCUT2D eigenvalue weighted by Gasteiger charge is -2.10. The molecule has 0 aliphatic carbocycles. The summed E-state index contributed by atoms with van der Waals surface area (Å²) in [5.74, 6) is 0.523. The van der Waals surface area contributed by atoms with E-state index in [9.17, 15) is 0 Å². The quantitative estimate of drug-likeness (QED) is 0.425. The molecule has 0 spiro atoms. The smallest absolute Gasteiger partial charge is 0.0934 e. The van der Waals surface area contributed by atoms with Gasteiger partial charge < -0.3 is 0 Å². The highest BCUT2D eigenvalue weighted by atomic mass is 15.3. The SMILES string of the molecule is CC(C)c1ccc(-n2nc(-c3ccccc3)cc2-c2ccccc2)cc1. The summed E-state index contributed by atoms with van der Waals surface area (Å²) in [7, 11) is 0. The molecule has 0 amide bonds. The van der Waals surface area contributed by atoms with E-state index in [1.807, 2.05) is 28.9 Å². The van der Waals surface area contributed by atoms with Gasteiger partial charge in [0.1, 0.15) is 0 Å². The summed E-state index contributed by atoms with van der Waals surface area (Å²) < 4.78 is 2.04. The predicted molar refractivity (Wildman–Crippen MR) is 109 cm³/mol. The van der Waals surface area contributed by atoms with E-state index in [2.05, 4.69) is 80.6 Å². The van der Waals surface area contributed by atoms with Gasteiger partial charge in [0.15, 0.2) is 0 Å². The highest BCUT2D eigenvalue weighted by Gasteiger charge is 2.13. The second kappa shape index (κ2) is 7.01. The van der Waals surface area contributed by atoms with E-state index in [0.717, 1.165) is 28.2 Å². The van der Waals surface area contributed by atoms with Gasteiger partial charge in [-0.2, -0.15) is 5.10 Å². The lowest BCUT2D eigenvalue weighted by molar-refractivity contribution is 0.857. The van der Waals surface area contributed by atoms with Crippen molar-refractivity contribution in [3.63, 3.8) is 0 Å². The van der Waals surface area contributed by atoms with Crippen molar-refractivity contribution in [2.45, 2.75) is 19.8 Å². The first-order valence-electron chi connectivity index (χ1n) is 9.03. The van der Waals surface area contributed by atoms with Gasteiger partial charge in [-0.15, -0.1) is 0 Å². The summed E-state index contributed by atoms with van der Waals surface area (Å²) in [6.07, 6.45) is 0. The van der Waals surface area contributed by atoms with Crippen LogP contribution in [-0.4, -0.2) is 9.78 Å². The molecule has 4 rings (SSSR count). The summed E-state index contributed by atoms with van der Waals surface area (Å²) in [4.78, 5) is 0. The van der Waals surface area contributed by atoms with Crippen molar-refractivity contribution in [3.05, 3.63) is 96.6 Å². The van der Waals surface area contributed by atoms with Gasteiger partial charge in [0.05, 0.1) is 17.1 Å². The van der Waals surface area contributed by atoms with E-state index in [0.29, 0.717) is 5.92 Å². The molecule has 0 radical (unpaired) electrons. The average molecular weight is 338 g/mol. The van der Waals surface area contributed by atoms with Crippen LogP contribution in [0.15, 0.2) is 91.0 Å². The van der Waals surface area contributed by atoms with E-state index < -0.39 is 0 Å². The number of hydrogen-bond acceptors (Lipinski definition) is 1. The van der Waals surface area contributed by atoms with Crippen LogP contribution < -0.4 is 0 Å². The Balaban J connectivity index is 1.85. The monoisotopic (exact) mass is 338 g/mol. The Morgan fingerprint density at radius 3 is 1.85 bits per heavy atom. The van der Waals surface area contributed by atoms with Gasteiger partial charge in [-0.1, -0.05) is 86.6 Å². The highest BCUT2D eigenvalue weighted by molar-refractivity contribution is 5.70. The summed E-state index contributed by atoms with van der Waals surface area (Å²) in [5, 5.41) is 4.92. The van der Waals surface area contributed by atoms with Crippen LogP contribution in [0.5, 0.6) is 0 Å². The van der Waals surface area contributed by atoms with Crippen molar-refractivity contribution in [2.24, 2.45) is 0 Å². The number of benzene rings is 3. The largest absolute Gasteiger partial charge is 0.232 e. The van der Waals surface area contributed by atoms with Crippen molar-refractivity contribution in [2.75, 3.05) is 0 Å². The van der Waals surface area contributed by atoms with Crippen molar-refractivity contribution in [3.8, 4) is 28.2 Å². The number of rotatable bonds is 4. The van der Waals surface area contributed by atoms with E-state index in [4.69, 9.17) is 5.10 Å². The van der Waals surface area contributed by atoms with Crippen LogP contribution in [0.3, 0.4) is 0 Å². The molecule has 4 aromatic rings. The topological polar surface area (TPSA) is 17.8 Å². The summed E-state index contributed by atoms with van der Waals surface area (Å²) in [6, 6.07) is 31.6. The van der Waals surface area contributed by atoms with Crippen molar-refractivity contribution < 1.29 is 0 Å². The third-order valence-electron chi connectivity index (χ3n) is 4.65. The van der Waals surface area contributed by atoms with Gasteiger partial charge in [0.2, 0.25) is 0 Å². The van der Waals surface area contributed by atoms with Gasteiger partial charge in [-0.05, 0) is 29.7 Å². The second-order valence-electron chi connectivity index (χ2n) is 6.80. The predicted octanol–water partition coefficient (Wildman–Crippen LogP) is 6.33. The van der Waals surface area contributed by atoms with Crippen molar-refractivity contribution >= 4 is 0 Å². The first-order chi connectivity index (χ1) is 12.7. The number of aromatic nitrogens is 2. The highest BCUT2D eigenvalue weighted by Crippen LogP contribution is 2.29. The minimum Gasteiger partial charge on any atom is -0.232 e. The molecule has 0 N–H and O–H groups in total.